The highest BCUT2D eigenvalue weighted by Gasteiger charge is 2.10. The number of hydrogen-bond donors (Lipinski definition) is 1. The maximum Gasteiger partial charge on any atom is 0.162 e. The van der Waals surface area contributed by atoms with Crippen LogP contribution in [0.4, 0.5) is 5.82 Å². The van der Waals surface area contributed by atoms with Crippen molar-refractivity contribution in [3.05, 3.63) is 47.1 Å². The van der Waals surface area contributed by atoms with Crippen LogP contribution in [0.25, 0.3) is 5.65 Å². The second-order valence-corrected chi connectivity index (χ2v) is 4.05. The van der Waals surface area contributed by atoms with Crippen molar-refractivity contribution < 1.29 is 4.42 Å². The van der Waals surface area contributed by atoms with Crippen molar-refractivity contribution in [2.45, 2.75) is 6.42 Å². The molecule has 86 valence electrons. The molecule has 17 heavy (non-hydrogen) atoms. The van der Waals surface area contributed by atoms with Crippen molar-refractivity contribution in [3.8, 4) is 0 Å². The Hall–Kier alpha value is -2.01. The third kappa shape index (κ3) is 1.74. The Morgan fingerprint density at radius 3 is 3.12 bits per heavy atom. The van der Waals surface area contributed by atoms with Crippen molar-refractivity contribution in [3.63, 3.8) is 0 Å². The molecule has 0 radical (unpaired) electrons. The van der Waals surface area contributed by atoms with Gasteiger partial charge in [-0.25, -0.2) is 4.98 Å². The Labute approximate surface area is 102 Å². The fraction of sp³-hybridized carbons (Fsp3) is 0.0909. The van der Waals surface area contributed by atoms with Gasteiger partial charge in [0, 0.05) is 18.1 Å². The molecular formula is C11H9ClN4O. The molecule has 0 bridgehead atoms. The monoisotopic (exact) mass is 248 g/mol. The van der Waals surface area contributed by atoms with E-state index in [2.05, 4.69) is 10.1 Å². The minimum atomic E-state index is 0.358. The van der Waals surface area contributed by atoms with Gasteiger partial charge in [-0.1, -0.05) is 11.6 Å². The van der Waals surface area contributed by atoms with Gasteiger partial charge in [-0.2, -0.15) is 9.61 Å². The van der Waals surface area contributed by atoms with E-state index in [-0.39, 0.29) is 0 Å². The van der Waals surface area contributed by atoms with Crippen LogP contribution in [0.1, 0.15) is 11.3 Å². The molecule has 2 N–H and O–H groups in total. The Morgan fingerprint density at radius 2 is 2.35 bits per heavy atom. The first kappa shape index (κ1) is 10.2. The van der Waals surface area contributed by atoms with Gasteiger partial charge in [0.2, 0.25) is 0 Å². The zero-order valence-electron chi connectivity index (χ0n) is 8.80. The summed E-state index contributed by atoms with van der Waals surface area (Å²) < 4.78 is 6.85. The van der Waals surface area contributed by atoms with E-state index in [0.717, 1.165) is 11.3 Å². The van der Waals surface area contributed by atoms with Crippen molar-refractivity contribution in [2.24, 2.45) is 0 Å². The fourth-order valence-electron chi connectivity index (χ4n) is 1.73. The van der Waals surface area contributed by atoms with Crippen LogP contribution in [-0.4, -0.2) is 14.6 Å². The third-order valence-electron chi connectivity index (χ3n) is 2.49. The van der Waals surface area contributed by atoms with Crippen LogP contribution < -0.4 is 5.73 Å². The van der Waals surface area contributed by atoms with E-state index in [4.69, 9.17) is 21.8 Å². The van der Waals surface area contributed by atoms with Gasteiger partial charge in [-0.15, -0.1) is 0 Å². The number of halogens is 1. The molecule has 0 amide bonds. The predicted molar refractivity (Wildman–Crippen MR) is 63.9 cm³/mol. The molecule has 0 aliphatic carbocycles. The standard InChI is InChI=1S/C11H9ClN4O/c12-9-5-10(13)16-11(15-9)7(6-14-16)4-8-2-1-3-17-8/h1-3,5-6H,4,13H2. The van der Waals surface area contributed by atoms with E-state index < -0.39 is 0 Å². The lowest BCUT2D eigenvalue weighted by atomic mass is 10.2. The maximum atomic E-state index is 5.88. The predicted octanol–water partition coefficient (Wildman–Crippen LogP) is 2.15. The minimum Gasteiger partial charge on any atom is -0.469 e. The number of furan rings is 1. The van der Waals surface area contributed by atoms with Gasteiger partial charge in [0.05, 0.1) is 12.5 Å². The number of nitrogen functional groups attached to an aromatic ring is 1. The molecule has 0 fully saturated rings. The van der Waals surface area contributed by atoms with E-state index in [1.54, 1.807) is 23.0 Å². The second-order valence-electron chi connectivity index (χ2n) is 3.67. The SMILES string of the molecule is Nc1cc(Cl)nc2c(Cc3ccco3)cnn12. The Balaban J connectivity index is 2.11. The summed E-state index contributed by atoms with van der Waals surface area (Å²) in [5.74, 6) is 1.31. The molecule has 3 rings (SSSR count). The van der Waals surface area contributed by atoms with Crippen molar-refractivity contribution >= 4 is 23.1 Å². The molecule has 5 nitrogen and oxygen atoms in total. The van der Waals surface area contributed by atoms with Crippen LogP contribution in [0.3, 0.4) is 0 Å². The van der Waals surface area contributed by atoms with E-state index in [1.807, 2.05) is 12.1 Å². The minimum absolute atomic E-state index is 0.358. The van der Waals surface area contributed by atoms with Gasteiger partial charge < -0.3 is 10.2 Å². The zero-order valence-corrected chi connectivity index (χ0v) is 9.55. The summed E-state index contributed by atoms with van der Waals surface area (Å²) in [5.41, 5.74) is 7.38. The zero-order chi connectivity index (χ0) is 11.8. The number of fused-ring (bicyclic) bond motifs is 1. The number of rotatable bonds is 2. The molecule has 0 atom stereocenters. The van der Waals surface area contributed by atoms with Crippen LogP contribution in [0.15, 0.2) is 35.1 Å². The lowest BCUT2D eigenvalue weighted by Crippen LogP contribution is -2.00. The molecule has 0 aliphatic heterocycles. The lowest BCUT2D eigenvalue weighted by Gasteiger charge is -2.00. The maximum absolute atomic E-state index is 5.88. The number of anilines is 1. The first-order chi connectivity index (χ1) is 8.24. The van der Waals surface area contributed by atoms with Gasteiger partial charge in [0.1, 0.15) is 16.7 Å². The molecule has 0 aliphatic rings. The second kappa shape index (κ2) is 3.78. The number of nitrogens with two attached hydrogens (primary N) is 1. The number of hydrogen-bond acceptors (Lipinski definition) is 4. The summed E-state index contributed by atoms with van der Waals surface area (Å²) in [6.45, 7) is 0. The summed E-state index contributed by atoms with van der Waals surface area (Å²) in [5, 5.41) is 4.53. The van der Waals surface area contributed by atoms with Crippen LogP contribution in [0.5, 0.6) is 0 Å². The van der Waals surface area contributed by atoms with E-state index >= 15 is 0 Å². The van der Waals surface area contributed by atoms with Crippen LogP contribution in [-0.2, 0) is 6.42 Å². The van der Waals surface area contributed by atoms with Gasteiger partial charge >= 0.3 is 0 Å². The molecular weight excluding hydrogens is 240 g/mol. The van der Waals surface area contributed by atoms with Crippen molar-refractivity contribution in [1.82, 2.24) is 14.6 Å². The van der Waals surface area contributed by atoms with Crippen LogP contribution >= 0.6 is 11.6 Å². The first-order valence-corrected chi connectivity index (χ1v) is 5.43. The highest BCUT2D eigenvalue weighted by atomic mass is 35.5. The summed E-state index contributed by atoms with van der Waals surface area (Å²) in [6.07, 6.45) is 3.97. The molecule has 0 saturated carbocycles. The molecule has 3 aromatic heterocycles. The Bertz CT molecular complexity index is 659. The molecule has 6 heteroatoms. The van der Waals surface area contributed by atoms with Gasteiger partial charge in [0.25, 0.3) is 0 Å². The fourth-order valence-corrected chi connectivity index (χ4v) is 1.92. The van der Waals surface area contributed by atoms with Crippen molar-refractivity contribution in [2.75, 3.05) is 5.73 Å². The molecule has 0 unspecified atom stereocenters. The molecule has 0 saturated heterocycles. The highest BCUT2D eigenvalue weighted by Crippen LogP contribution is 2.19. The van der Waals surface area contributed by atoms with E-state index in [9.17, 15) is 0 Å². The normalized spacial score (nSPS) is 11.1. The third-order valence-corrected chi connectivity index (χ3v) is 2.68. The number of nitrogens with zero attached hydrogens (tertiary/aromatic N) is 3. The molecule has 0 aromatic carbocycles. The summed E-state index contributed by atoms with van der Waals surface area (Å²) >= 11 is 5.88. The van der Waals surface area contributed by atoms with E-state index in [0.29, 0.717) is 23.0 Å². The van der Waals surface area contributed by atoms with Gasteiger partial charge in [-0.3, -0.25) is 0 Å². The van der Waals surface area contributed by atoms with Crippen LogP contribution in [0.2, 0.25) is 5.15 Å². The first-order valence-electron chi connectivity index (χ1n) is 5.05. The molecule has 3 heterocycles. The average molecular weight is 249 g/mol. The Kier molecular flexibility index (Phi) is 2.26. The average Bonchev–Trinajstić information content (AvgIpc) is 2.89. The smallest absolute Gasteiger partial charge is 0.162 e. The molecule has 3 aromatic rings. The summed E-state index contributed by atoms with van der Waals surface area (Å²) in [4.78, 5) is 4.22. The summed E-state index contributed by atoms with van der Waals surface area (Å²) in [7, 11) is 0. The lowest BCUT2D eigenvalue weighted by molar-refractivity contribution is 0.521. The Morgan fingerprint density at radius 1 is 1.47 bits per heavy atom. The van der Waals surface area contributed by atoms with Crippen LogP contribution in [0, 0.1) is 0 Å². The summed E-state index contributed by atoms with van der Waals surface area (Å²) in [6, 6.07) is 5.31. The molecule has 0 spiro atoms. The van der Waals surface area contributed by atoms with Gasteiger partial charge in [0.15, 0.2) is 5.65 Å². The van der Waals surface area contributed by atoms with Crippen molar-refractivity contribution in [1.29, 1.82) is 0 Å². The van der Waals surface area contributed by atoms with E-state index in [1.165, 1.54) is 0 Å². The quantitative estimate of drug-likeness (QED) is 0.706. The number of aromatic nitrogens is 3. The topological polar surface area (TPSA) is 69.3 Å². The largest absolute Gasteiger partial charge is 0.469 e. The highest BCUT2D eigenvalue weighted by molar-refractivity contribution is 6.29. The van der Waals surface area contributed by atoms with Gasteiger partial charge in [-0.05, 0) is 12.1 Å².